The van der Waals surface area contributed by atoms with E-state index in [0.29, 0.717) is 35.8 Å². The first kappa shape index (κ1) is 25.1. The lowest BCUT2D eigenvalue weighted by atomic mass is 10.0. The first-order chi connectivity index (χ1) is 18.4. The van der Waals surface area contributed by atoms with Gasteiger partial charge in [-0.1, -0.05) is 11.2 Å². The topological polar surface area (TPSA) is 145 Å². The van der Waals surface area contributed by atoms with Crippen LogP contribution in [0, 0.1) is 6.92 Å². The third kappa shape index (κ3) is 5.38. The smallest absolute Gasteiger partial charge is 0.277 e. The van der Waals surface area contributed by atoms with Gasteiger partial charge in [0.05, 0.1) is 13.2 Å². The van der Waals surface area contributed by atoms with E-state index in [1.807, 2.05) is 13.0 Å². The average molecular weight is 522 g/mol. The number of nitrogens with one attached hydrogen (secondary N) is 2. The highest BCUT2D eigenvalue weighted by Crippen LogP contribution is 2.28. The second-order valence-corrected chi connectivity index (χ2v) is 9.09. The van der Waals surface area contributed by atoms with Gasteiger partial charge in [-0.25, -0.2) is 4.63 Å². The van der Waals surface area contributed by atoms with E-state index >= 15 is 0 Å². The Morgan fingerprint density at radius 2 is 2.05 bits per heavy atom. The van der Waals surface area contributed by atoms with Crippen molar-refractivity contribution < 1.29 is 33.2 Å². The van der Waals surface area contributed by atoms with Gasteiger partial charge in [-0.15, -0.1) is 0 Å². The van der Waals surface area contributed by atoms with E-state index < -0.39 is 12.1 Å². The number of hydrogen-bond donors (Lipinski definition) is 2. The molecule has 1 saturated heterocycles. The Kier molecular flexibility index (Phi) is 7.11. The van der Waals surface area contributed by atoms with Gasteiger partial charge in [0.25, 0.3) is 17.7 Å². The Morgan fingerprint density at radius 3 is 2.84 bits per heavy atom. The standard InChI is InChI=1S/C26H27N5O7/c1-15-3-4-16-9-22(15)36-14-24(32)27-11-17-5-6-18(10-23(17)35-2)37-21-7-8-31(13-20(21)29-25(16)33)26(34)19-12-28-38-30-19/h3-6,9-10,12,20-21H,7-8,11,13-14H2,1-2H3,(H,27,32)(H,29,33)/t20-,21+/m0/s1. The predicted molar refractivity (Wildman–Crippen MR) is 132 cm³/mol. The summed E-state index contributed by atoms with van der Waals surface area (Å²) in [4.78, 5) is 40.2. The maximum absolute atomic E-state index is 13.3. The van der Waals surface area contributed by atoms with Crippen molar-refractivity contribution in [2.45, 2.75) is 32.0 Å². The number of rotatable bonds is 2. The number of aryl methyl sites for hydroxylation is 1. The minimum atomic E-state index is -0.546. The van der Waals surface area contributed by atoms with Crippen LogP contribution in [0.15, 0.2) is 47.2 Å². The Labute approximate surface area is 218 Å². The Morgan fingerprint density at radius 1 is 1.18 bits per heavy atom. The number of methoxy groups -OCH3 is 1. The molecule has 4 heterocycles. The number of benzene rings is 2. The molecule has 2 aromatic carbocycles. The van der Waals surface area contributed by atoms with Crippen molar-refractivity contribution >= 4 is 17.7 Å². The molecule has 3 aromatic rings. The average Bonchev–Trinajstić information content (AvgIpc) is 3.47. The largest absolute Gasteiger partial charge is 0.496 e. The van der Waals surface area contributed by atoms with E-state index in [-0.39, 0.29) is 43.1 Å². The molecule has 12 nitrogen and oxygen atoms in total. The summed E-state index contributed by atoms with van der Waals surface area (Å²) in [7, 11) is 1.54. The zero-order chi connectivity index (χ0) is 26.6. The third-order valence-corrected chi connectivity index (χ3v) is 6.56. The SMILES string of the molecule is COc1cc2ccc1CNC(=O)COc1cc(ccc1C)C(=O)N[C@H]1CN(C(=O)c3cnon3)CC[C@H]1O2. The molecule has 3 aliphatic rings. The van der Waals surface area contributed by atoms with Gasteiger partial charge in [0.15, 0.2) is 12.3 Å². The molecular weight excluding hydrogens is 494 g/mol. The summed E-state index contributed by atoms with van der Waals surface area (Å²) >= 11 is 0. The van der Waals surface area contributed by atoms with Crippen molar-refractivity contribution in [3.63, 3.8) is 0 Å². The van der Waals surface area contributed by atoms with Gasteiger partial charge < -0.3 is 29.7 Å². The highest BCUT2D eigenvalue weighted by atomic mass is 16.6. The number of ether oxygens (including phenoxy) is 3. The van der Waals surface area contributed by atoms with Crippen LogP contribution in [0.2, 0.25) is 0 Å². The van der Waals surface area contributed by atoms with Gasteiger partial charge in [0.1, 0.15) is 29.5 Å². The van der Waals surface area contributed by atoms with Gasteiger partial charge in [0.2, 0.25) is 0 Å². The van der Waals surface area contributed by atoms with Gasteiger partial charge in [0, 0.05) is 43.2 Å². The van der Waals surface area contributed by atoms with Crippen LogP contribution >= 0.6 is 0 Å². The van der Waals surface area contributed by atoms with E-state index in [0.717, 1.165) is 11.1 Å². The van der Waals surface area contributed by atoms with Crippen molar-refractivity contribution in [3.8, 4) is 17.2 Å². The molecule has 6 rings (SSSR count). The molecule has 4 bridgehead atoms. The molecule has 0 saturated carbocycles. The maximum Gasteiger partial charge on any atom is 0.277 e. The predicted octanol–water partition coefficient (Wildman–Crippen LogP) is 1.49. The van der Waals surface area contributed by atoms with Crippen LogP contribution in [0.25, 0.3) is 0 Å². The molecule has 1 aromatic heterocycles. The fourth-order valence-corrected chi connectivity index (χ4v) is 4.47. The molecule has 1 fully saturated rings. The molecular formula is C26H27N5O7. The molecule has 3 amide bonds. The van der Waals surface area contributed by atoms with Crippen molar-refractivity contribution in [1.29, 1.82) is 0 Å². The van der Waals surface area contributed by atoms with Gasteiger partial charge in [-0.2, -0.15) is 0 Å². The Balaban J connectivity index is 1.47. The van der Waals surface area contributed by atoms with Crippen molar-refractivity contribution in [2.75, 3.05) is 26.8 Å². The first-order valence-corrected chi connectivity index (χ1v) is 12.1. The summed E-state index contributed by atoms with van der Waals surface area (Å²) in [5.74, 6) is 0.465. The Hall–Kier alpha value is -4.61. The normalized spacial score (nSPS) is 19.8. The first-order valence-electron chi connectivity index (χ1n) is 12.1. The minimum absolute atomic E-state index is 0.0868. The number of carbonyl (C=O) groups is 3. The van der Waals surface area contributed by atoms with Crippen molar-refractivity contribution in [1.82, 2.24) is 25.8 Å². The third-order valence-electron chi connectivity index (χ3n) is 6.56. The van der Waals surface area contributed by atoms with Crippen LogP contribution in [0.3, 0.4) is 0 Å². The monoisotopic (exact) mass is 521 g/mol. The van der Waals surface area contributed by atoms with E-state index in [1.165, 1.54) is 13.3 Å². The Bertz CT molecular complexity index is 1340. The van der Waals surface area contributed by atoms with Crippen molar-refractivity contribution in [3.05, 3.63) is 65.0 Å². The zero-order valence-corrected chi connectivity index (χ0v) is 20.9. The summed E-state index contributed by atoms with van der Waals surface area (Å²) in [5.41, 5.74) is 1.98. The molecule has 0 aliphatic carbocycles. The van der Waals surface area contributed by atoms with Crippen LogP contribution in [-0.2, 0) is 11.3 Å². The lowest BCUT2D eigenvalue weighted by Gasteiger charge is -2.38. The number of aromatic nitrogens is 2. The van der Waals surface area contributed by atoms with E-state index in [9.17, 15) is 14.4 Å². The molecule has 38 heavy (non-hydrogen) atoms. The lowest BCUT2D eigenvalue weighted by Crippen LogP contribution is -2.58. The number of carbonyl (C=O) groups excluding carboxylic acids is 3. The highest BCUT2D eigenvalue weighted by Gasteiger charge is 2.35. The van der Waals surface area contributed by atoms with Crippen LogP contribution in [0.5, 0.6) is 17.2 Å². The fourth-order valence-electron chi connectivity index (χ4n) is 4.47. The van der Waals surface area contributed by atoms with Gasteiger partial charge in [-0.05, 0) is 41.9 Å². The van der Waals surface area contributed by atoms with E-state index in [1.54, 1.807) is 35.2 Å². The molecule has 12 heteroatoms. The maximum atomic E-state index is 13.3. The summed E-state index contributed by atoms with van der Waals surface area (Å²) < 4.78 is 22.1. The number of likely N-dealkylation sites (tertiary alicyclic amines) is 1. The molecule has 0 spiro atoms. The summed E-state index contributed by atoms with van der Waals surface area (Å²) in [6, 6.07) is 9.81. The minimum Gasteiger partial charge on any atom is -0.496 e. The van der Waals surface area contributed by atoms with Crippen LogP contribution in [0.1, 0.15) is 38.4 Å². The number of amides is 3. The number of piperidine rings is 1. The summed E-state index contributed by atoms with van der Waals surface area (Å²) in [6.07, 6.45) is 1.27. The number of fused-ring (bicyclic) bond motifs is 7. The molecule has 198 valence electrons. The second kappa shape index (κ2) is 10.8. The second-order valence-electron chi connectivity index (χ2n) is 9.09. The quantitative estimate of drug-likeness (QED) is 0.512. The lowest BCUT2D eigenvalue weighted by molar-refractivity contribution is -0.123. The van der Waals surface area contributed by atoms with E-state index in [2.05, 4.69) is 25.6 Å². The van der Waals surface area contributed by atoms with Crippen LogP contribution < -0.4 is 24.8 Å². The highest BCUT2D eigenvalue weighted by molar-refractivity contribution is 5.95. The van der Waals surface area contributed by atoms with Gasteiger partial charge >= 0.3 is 0 Å². The molecule has 0 radical (unpaired) electrons. The number of hydrogen-bond acceptors (Lipinski definition) is 9. The molecule has 2 N–H and O–H groups in total. The molecule has 2 atom stereocenters. The van der Waals surface area contributed by atoms with Crippen molar-refractivity contribution in [2.24, 2.45) is 0 Å². The van der Waals surface area contributed by atoms with Crippen LogP contribution in [-0.4, -0.2) is 71.9 Å². The number of nitrogens with zero attached hydrogens (tertiary/aromatic N) is 3. The molecule has 0 unspecified atom stereocenters. The van der Waals surface area contributed by atoms with Crippen LogP contribution in [0.4, 0.5) is 0 Å². The zero-order valence-electron chi connectivity index (χ0n) is 20.9. The fraction of sp³-hybridized carbons (Fsp3) is 0.346. The summed E-state index contributed by atoms with van der Waals surface area (Å²) in [5, 5.41) is 13.0. The summed E-state index contributed by atoms with van der Waals surface area (Å²) in [6.45, 7) is 2.42. The van der Waals surface area contributed by atoms with E-state index in [4.69, 9.17) is 14.2 Å². The van der Waals surface area contributed by atoms with Gasteiger partial charge in [-0.3, -0.25) is 14.4 Å². The molecule has 3 aliphatic heterocycles.